The van der Waals surface area contributed by atoms with E-state index in [0.29, 0.717) is 11.0 Å². The van der Waals surface area contributed by atoms with Crippen LogP contribution in [0.25, 0.3) is 0 Å². The van der Waals surface area contributed by atoms with Crippen molar-refractivity contribution in [3.8, 4) is 0 Å². The highest BCUT2D eigenvalue weighted by Crippen LogP contribution is 2.27. The Bertz CT molecular complexity index is 324. The van der Waals surface area contributed by atoms with Crippen molar-refractivity contribution in [2.24, 2.45) is 0 Å². The number of thioether (sulfide) groups is 1. The molecule has 0 aromatic heterocycles. The summed E-state index contributed by atoms with van der Waals surface area (Å²) >= 11 is 1.85. The van der Waals surface area contributed by atoms with Crippen LogP contribution in [0.15, 0.2) is 0 Å². The number of carbonyl (C=O) groups excluding carboxylic acids is 1. The zero-order valence-electron chi connectivity index (χ0n) is 13.5. The molecule has 5 heteroatoms. The van der Waals surface area contributed by atoms with Gasteiger partial charge in [0.15, 0.2) is 0 Å². The molecule has 0 aromatic carbocycles. The summed E-state index contributed by atoms with van der Waals surface area (Å²) in [5.74, 6) is 0.802. The SMILES string of the molecule is CC(C)(CNC(=O)CSC1CCCCC1)N1CCOCC1. The topological polar surface area (TPSA) is 41.6 Å². The first-order valence-corrected chi connectivity index (χ1v) is 9.34. The van der Waals surface area contributed by atoms with E-state index < -0.39 is 0 Å². The van der Waals surface area contributed by atoms with Crippen molar-refractivity contribution < 1.29 is 9.53 Å². The van der Waals surface area contributed by atoms with Gasteiger partial charge in [0.1, 0.15) is 0 Å². The predicted octanol–water partition coefficient (Wildman–Crippen LogP) is 2.28. The van der Waals surface area contributed by atoms with Crippen molar-refractivity contribution in [3.05, 3.63) is 0 Å². The highest BCUT2D eigenvalue weighted by molar-refractivity contribution is 8.00. The molecule has 1 saturated heterocycles. The number of hydrogen-bond acceptors (Lipinski definition) is 4. The summed E-state index contributed by atoms with van der Waals surface area (Å²) in [6.07, 6.45) is 6.62. The van der Waals surface area contributed by atoms with Gasteiger partial charge in [0.25, 0.3) is 0 Å². The van der Waals surface area contributed by atoms with Gasteiger partial charge in [-0.05, 0) is 26.7 Å². The van der Waals surface area contributed by atoms with Crippen LogP contribution in [0.4, 0.5) is 0 Å². The van der Waals surface area contributed by atoms with Crippen molar-refractivity contribution in [1.29, 1.82) is 0 Å². The van der Waals surface area contributed by atoms with Crippen LogP contribution in [0.2, 0.25) is 0 Å². The van der Waals surface area contributed by atoms with E-state index in [1.165, 1.54) is 32.1 Å². The summed E-state index contributed by atoms with van der Waals surface area (Å²) in [6.45, 7) is 8.64. The lowest BCUT2D eigenvalue weighted by Gasteiger charge is -2.40. The van der Waals surface area contributed by atoms with Gasteiger partial charge in [-0.25, -0.2) is 0 Å². The molecule has 2 fully saturated rings. The van der Waals surface area contributed by atoms with E-state index in [0.717, 1.165) is 32.8 Å². The first-order valence-electron chi connectivity index (χ1n) is 8.29. The second-order valence-corrected chi connectivity index (χ2v) is 8.05. The second kappa shape index (κ2) is 8.39. The van der Waals surface area contributed by atoms with E-state index in [2.05, 4.69) is 24.1 Å². The molecule has 4 nitrogen and oxygen atoms in total. The van der Waals surface area contributed by atoms with Crippen molar-refractivity contribution in [3.63, 3.8) is 0 Å². The van der Waals surface area contributed by atoms with Crippen LogP contribution >= 0.6 is 11.8 Å². The predicted molar refractivity (Wildman–Crippen MR) is 88.8 cm³/mol. The van der Waals surface area contributed by atoms with Gasteiger partial charge in [0.2, 0.25) is 5.91 Å². The fourth-order valence-corrected chi connectivity index (χ4v) is 4.23. The number of morpholine rings is 1. The zero-order valence-corrected chi connectivity index (χ0v) is 14.3. The first kappa shape index (κ1) is 17.1. The van der Waals surface area contributed by atoms with Crippen LogP contribution in [0.3, 0.4) is 0 Å². The van der Waals surface area contributed by atoms with E-state index in [1.807, 2.05) is 11.8 Å². The Morgan fingerprint density at radius 3 is 2.57 bits per heavy atom. The molecule has 0 spiro atoms. The third-order valence-electron chi connectivity index (χ3n) is 4.59. The van der Waals surface area contributed by atoms with E-state index in [-0.39, 0.29) is 11.4 Å². The van der Waals surface area contributed by atoms with Gasteiger partial charge >= 0.3 is 0 Å². The van der Waals surface area contributed by atoms with Gasteiger partial charge in [0, 0.05) is 30.4 Å². The standard InChI is InChI=1S/C16H30N2O2S/c1-16(2,18-8-10-20-11-9-18)13-17-15(19)12-21-14-6-4-3-5-7-14/h14H,3-13H2,1-2H3,(H,17,19). The van der Waals surface area contributed by atoms with E-state index in [1.54, 1.807) is 0 Å². The Morgan fingerprint density at radius 2 is 1.90 bits per heavy atom. The molecule has 122 valence electrons. The van der Waals surface area contributed by atoms with E-state index in [4.69, 9.17) is 4.74 Å². The number of amides is 1. The van der Waals surface area contributed by atoms with Crippen LogP contribution in [-0.2, 0) is 9.53 Å². The number of ether oxygens (including phenoxy) is 1. The van der Waals surface area contributed by atoms with Crippen molar-refractivity contribution in [1.82, 2.24) is 10.2 Å². The molecule has 1 amide bonds. The molecule has 1 aliphatic carbocycles. The fourth-order valence-electron chi connectivity index (χ4n) is 3.07. The molecule has 0 unspecified atom stereocenters. The summed E-state index contributed by atoms with van der Waals surface area (Å²) in [5, 5.41) is 3.82. The fraction of sp³-hybridized carbons (Fsp3) is 0.938. The summed E-state index contributed by atoms with van der Waals surface area (Å²) in [6, 6.07) is 0. The number of carbonyl (C=O) groups is 1. The van der Waals surface area contributed by atoms with Crippen LogP contribution in [0.1, 0.15) is 46.0 Å². The average molecular weight is 314 g/mol. The third-order valence-corrected chi connectivity index (χ3v) is 5.96. The van der Waals surface area contributed by atoms with Gasteiger partial charge in [-0.2, -0.15) is 0 Å². The summed E-state index contributed by atoms with van der Waals surface area (Å²) in [5.41, 5.74) is 0.00887. The summed E-state index contributed by atoms with van der Waals surface area (Å²) in [4.78, 5) is 14.4. The first-order chi connectivity index (χ1) is 10.1. The smallest absolute Gasteiger partial charge is 0.230 e. The molecular weight excluding hydrogens is 284 g/mol. The molecule has 0 bridgehead atoms. The number of hydrogen-bond donors (Lipinski definition) is 1. The normalized spacial score (nSPS) is 22.2. The largest absolute Gasteiger partial charge is 0.379 e. The minimum absolute atomic E-state index is 0.00887. The quantitative estimate of drug-likeness (QED) is 0.817. The van der Waals surface area contributed by atoms with Crippen molar-refractivity contribution >= 4 is 17.7 Å². The Hall–Kier alpha value is -0.260. The lowest BCUT2D eigenvalue weighted by atomic mass is 10.0. The maximum Gasteiger partial charge on any atom is 0.230 e. The summed E-state index contributed by atoms with van der Waals surface area (Å²) < 4.78 is 5.39. The molecule has 1 N–H and O–H groups in total. The van der Waals surface area contributed by atoms with Gasteiger partial charge in [-0.1, -0.05) is 19.3 Å². The van der Waals surface area contributed by atoms with Gasteiger partial charge in [0.05, 0.1) is 19.0 Å². The molecule has 1 heterocycles. The molecule has 0 aromatic rings. The number of nitrogens with one attached hydrogen (secondary N) is 1. The highest BCUT2D eigenvalue weighted by Gasteiger charge is 2.28. The lowest BCUT2D eigenvalue weighted by molar-refractivity contribution is -0.119. The average Bonchev–Trinajstić information content (AvgIpc) is 2.53. The Balaban J connectivity index is 1.64. The molecule has 2 aliphatic rings. The Kier molecular flexibility index (Phi) is 6.83. The molecule has 0 atom stereocenters. The Labute approximate surface area is 133 Å². The van der Waals surface area contributed by atoms with Crippen LogP contribution in [0.5, 0.6) is 0 Å². The minimum atomic E-state index is 0.00887. The molecule has 21 heavy (non-hydrogen) atoms. The van der Waals surface area contributed by atoms with Crippen LogP contribution in [0, 0.1) is 0 Å². The lowest BCUT2D eigenvalue weighted by Crippen LogP contribution is -2.55. The van der Waals surface area contributed by atoms with E-state index in [9.17, 15) is 4.79 Å². The molecule has 1 saturated carbocycles. The molecular formula is C16H30N2O2S. The molecule has 0 radical (unpaired) electrons. The van der Waals surface area contributed by atoms with Crippen LogP contribution in [-0.4, -0.2) is 60.2 Å². The van der Waals surface area contributed by atoms with Gasteiger partial charge in [-0.3, -0.25) is 9.69 Å². The van der Waals surface area contributed by atoms with E-state index >= 15 is 0 Å². The number of nitrogens with zero attached hydrogens (tertiary/aromatic N) is 1. The maximum atomic E-state index is 12.0. The van der Waals surface area contributed by atoms with Gasteiger partial charge < -0.3 is 10.1 Å². The molecule has 1 aliphatic heterocycles. The van der Waals surface area contributed by atoms with Gasteiger partial charge in [-0.15, -0.1) is 11.8 Å². The zero-order chi connectivity index (χ0) is 15.1. The van der Waals surface area contributed by atoms with Crippen molar-refractivity contribution in [2.75, 3.05) is 38.6 Å². The Morgan fingerprint density at radius 1 is 1.24 bits per heavy atom. The third kappa shape index (κ3) is 5.80. The minimum Gasteiger partial charge on any atom is -0.379 e. The summed E-state index contributed by atoms with van der Waals surface area (Å²) in [7, 11) is 0. The maximum absolute atomic E-state index is 12.0. The second-order valence-electron chi connectivity index (χ2n) is 6.76. The highest BCUT2D eigenvalue weighted by atomic mass is 32.2. The monoisotopic (exact) mass is 314 g/mol. The van der Waals surface area contributed by atoms with Crippen molar-refractivity contribution in [2.45, 2.75) is 56.7 Å². The molecule has 2 rings (SSSR count). The van der Waals surface area contributed by atoms with Crippen LogP contribution < -0.4 is 5.32 Å². The number of rotatable bonds is 6.